The molecule has 2 bridgehead atoms. The molecule has 3 aliphatic rings. The van der Waals surface area contributed by atoms with Crippen molar-refractivity contribution in [2.75, 3.05) is 20.8 Å². The molecule has 0 spiro atoms. The smallest absolute Gasteiger partial charge is 0.407 e. The Morgan fingerprint density at radius 3 is 2.19 bits per heavy atom. The molecule has 4 amide bonds. The number of H-pyrrole nitrogens is 2. The number of nitrogens with one attached hydrogen (secondary N) is 4. The van der Waals surface area contributed by atoms with E-state index in [-0.39, 0.29) is 47.7 Å². The highest BCUT2D eigenvalue weighted by atomic mass is 16.5. The lowest BCUT2D eigenvalue weighted by atomic mass is 9.95. The van der Waals surface area contributed by atoms with Crippen molar-refractivity contribution in [3.63, 3.8) is 0 Å². The van der Waals surface area contributed by atoms with Gasteiger partial charge in [0.15, 0.2) is 0 Å². The van der Waals surface area contributed by atoms with Crippen molar-refractivity contribution >= 4 is 35.0 Å². The molecule has 2 aliphatic heterocycles. The number of aromatic amines is 2. The Hall–Kier alpha value is -5.47. The van der Waals surface area contributed by atoms with Gasteiger partial charge in [0, 0.05) is 24.3 Å². The van der Waals surface area contributed by atoms with Crippen LogP contribution in [0.3, 0.4) is 0 Å². The zero-order valence-electron chi connectivity index (χ0n) is 31.6. The lowest BCUT2D eigenvalue weighted by Crippen LogP contribution is -2.54. The first-order valence-electron chi connectivity index (χ1n) is 18.8. The molecule has 1 saturated carbocycles. The minimum absolute atomic E-state index is 0.106. The average Bonchev–Trinajstić information content (AvgIpc) is 4.02. The van der Waals surface area contributed by atoms with Gasteiger partial charge in [-0.1, -0.05) is 39.8 Å². The second-order valence-electron chi connectivity index (χ2n) is 15.3. The number of aromatic nitrogens is 5. The van der Waals surface area contributed by atoms with E-state index in [1.54, 1.807) is 11.1 Å². The number of benzene rings is 1. The normalized spacial score (nSPS) is 21.9. The summed E-state index contributed by atoms with van der Waals surface area (Å²) in [6, 6.07) is 8.23. The number of piperidine rings is 1. The predicted molar refractivity (Wildman–Crippen MR) is 200 cm³/mol. The predicted octanol–water partition coefficient (Wildman–Crippen LogP) is 5.49. The molecule has 15 heteroatoms. The number of carbonyl (C=O) groups excluding carboxylic acids is 4. The number of rotatable bonds is 10. The number of methoxy groups -OCH3 is 2. The third-order valence-electron chi connectivity index (χ3n) is 11.2. The molecular weight excluding hydrogens is 690 g/mol. The quantitative estimate of drug-likeness (QED) is 0.163. The van der Waals surface area contributed by atoms with E-state index >= 15 is 0 Å². The molecule has 0 radical (unpaired) electrons. The number of carbonyl (C=O) groups is 4. The monoisotopic (exact) mass is 739 g/mol. The van der Waals surface area contributed by atoms with Gasteiger partial charge in [0.25, 0.3) is 0 Å². The van der Waals surface area contributed by atoms with Gasteiger partial charge in [-0.05, 0) is 73.6 Å². The van der Waals surface area contributed by atoms with Crippen molar-refractivity contribution in [3.8, 4) is 22.5 Å². The van der Waals surface area contributed by atoms with E-state index in [0.717, 1.165) is 71.5 Å². The maximum atomic E-state index is 13.9. The van der Waals surface area contributed by atoms with Crippen LogP contribution in [0.2, 0.25) is 0 Å². The summed E-state index contributed by atoms with van der Waals surface area (Å²) < 4.78 is 9.57. The molecule has 4 aromatic rings. The van der Waals surface area contributed by atoms with E-state index in [2.05, 4.69) is 20.6 Å². The van der Waals surface area contributed by atoms with Gasteiger partial charge in [0.2, 0.25) is 11.8 Å². The molecule has 1 aliphatic carbocycles. The average molecular weight is 740 g/mol. The molecule has 4 N–H and O–H groups in total. The van der Waals surface area contributed by atoms with Crippen molar-refractivity contribution in [1.29, 1.82) is 0 Å². The molecule has 6 unspecified atom stereocenters. The van der Waals surface area contributed by atoms with Crippen LogP contribution < -0.4 is 10.6 Å². The third-order valence-corrected chi connectivity index (χ3v) is 11.2. The van der Waals surface area contributed by atoms with Crippen LogP contribution in [0.1, 0.15) is 83.5 Å². The van der Waals surface area contributed by atoms with Gasteiger partial charge in [-0.3, -0.25) is 14.6 Å². The third kappa shape index (κ3) is 6.98. The van der Waals surface area contributed by atoms with Crippen molar-refractivity contribution < 1.29 is 28.7 Å². The number of ether oxygens (including phenoxy) is 2. The van der Waals surface area contributed by atoms with E-state index < -0.39 is 24.3 Å². The van der Waals surface area contributed by atoms with E-state index in [0.29, 0.717) is 12.4 Å². The molecule has 2 saturated heterocycles. The number of likely N-dealkylation sites (tertiary alicyclic amines) is 2. The Morgan fingerprint density at radius 2 is 1.52 bits per heavy atom. The number of fused-ring (bicyclic) bond motifs is 3. The second-order valence-corrected chi connectivity index (χ2v) is 15.3. The summed E-state index contributed by atoms with van der Waals surface area (Å²) in [5.74, 6) is 1.23. The Bertz CT molecular complexity index is 2020. The van der Waals surface area contributed by atoms with E-state index in [9.17, 15) is 19.2 Å². The SMILES string of the molecule is COC(=O)NC(C(=O)N1CCCC1c1nc2ccc(-c3ccc(-c4cnc(C5C6CCC(C6)N5C(=O)C(NC(=O)OC)C(C)C)[nH]4)nc3)cc2[nH]1)C(C)C. The molecule has 15 nitrogen and oxygen atoms in total. The molecule has 3 fully saturated rings. The van der Waals surface area contributed by atoms with Crippen LogP contribution in [-0.4, -0.2) is 97.6 Å². The van der Waals surface area contributed by atoms with Crippen LogP contribution in [0.4, 0.5) is 9.59 Å². The molecule has 286 valence electrons. The Balaban J connectivity index is 1.07. The van der Waals surface area contributed by atoms with Crippen LogP contribution in [0.25, 0.3) is 33.5 Å². The maximum absolute atomic E-state index is 13.9. The lowest BCUT2D eigenvalue weighted by molar-refractivity contribution is -0.139. The van der Waals surface area contributed by atoms with Gasteiger partial charge in [0.1, 0.15) is 23.7 Å². The molecule has 5 heterocycles. The fourth-order valence-corrected chi connectivity index (χ4v) is 8.42. The zero-order valence-corrected chi connectivity index (χ0v) is 31.6. The summed E-state index contributed by atoms with van der Waals surface area (Å²) >= 11 is 0. The van der Waals surface area contributed by atoms with Crippen molar-refractivity contribution in [3.05, 3.63) is 54.4 Å². The second kappa shape index (κ2) is 15.1. The maximum Gasteiger partial charge on any atom is 0.407 e. The summed E-state index contributed by atoms with van der Waals surface area (Å²) in [4.78, 5) is 76.6. The molecular formula is C39H49N9O6. The zero-order chi connectivity index (χ0) is 38.3. The van der Waals surface area contributed by atoms with Crippen LogP contribution >= 0.6 is 0 Å². The molecule has 7 rings (SSSR count). The molecule has 6 atom stereocenters. The van der Waals surface area contributed by atoms with Gasteiger partial charge in [-0.15, -0.1) is 0 Å². The van der Waals surface area contributed by atoms with E-state index in [4.69, 9.17) is 24.4 Å². The van der Waals surface area contributed by atoms with Crippen LogP contribution in [0.5, 0.6) is 0 Å². The molecule has 3 aromatic heterocycles. The van der Waals surface area contributed by atoms with Gasteiger partial charge < -0.3 is 39.9 Å². The summed E-state index contributed by atoms with van der Waals surface area (Å²) in [6.45, 7) is 8.21. The first kappa shape index (κ1) is 36.9. The summed E-state index contributed by atoms with van der Waals surface area (Å²) in [6.07, 6.45) is 6.81. The van der Waals surface area contributed by atoms with Gasteiger partial charge in [0.05, 0.1) is 54.9 Å². The Morgan fingerprint density at radius 1 is 0.815 bits per heavy atom. The highest BCUT2D eigenvalue weighted by molar-refractivity contribution is 5.88. The molecule has 54 heavy (non-hydrogen) atoms. The van der Waals surface area contributed by atoms with Crippen molar-refractivity contribution in [1.82, 2.24) is 45.4 Å². The highest BCUT2D eigenvalue weighted by Crippen LogP contribution is 2.50. The number of nitrogens with zero attached hydrogens (tertiary/aromatic N) is 5. The Kier molecular flexibility index (Phi) is 10.3. The lowest BCUT2D eigenvalue weighted by Gasteiger charge is -2.37. The summed E-state index contributed by atoms with van der Waals surface area (Å²) in [5.41, 5.74) is 5.01. The van der Waals surface area contributed by atoms with Gasteiger partial charge >= 0.3 is 12.2 Å². The summed E-state index contributed by atoms with van der Waals surface area (Å²) in [5, 5.41) is 5.44. The number of amides is 4. The van der Waals surface area contributed by atoms with Crippen LogP contribution in [0, 0.1) is 17.8 Å². The number of pyridine rings is 1. The first-order chi connectivity index (χ1) is 26.0. The van der Waals surface area contributed by atoms with E-state index in [1.165, 1.54) is 14.2 Å². The highest BCUT2D eigenvalue weighted by Gasteiger charge is 2.51. The first-order valence-corrected chi connectivity index (χ1v) is 18.8. The number of hydrogen-bond donors (Lipinski definition) is 4. The Labute approximate surface area is 314 Å². The fourth-order valence-electron chi connectivity index (χ4n) is 8.42. The topological polar surface area (TPSA) is 188 Å². The van der Waals surface area contributed by atoms with Crippen molar-refractivity contribution in [2.45, 2.75) is 90.0 Å². The van der Waals surface area contributed by atoms with Crippen LogP contribution in [-0.2, 0) is 19.1 Å². The number of hydrogen-bond acceptors (Lipinski definition) is 9. The standard InChI is InChI=1S/C39H49N9O6/c1-20(2)31(45-38(51)53-5)36(49)47-15-7-8-30(47)34-42-27-14-10-22(17-28(27)43-34)24-11-13-26(40-18-24)29-19-41-35(44-29)33-23-9-12-25(16-23)48(33)37(50)32(21(3)4)46-39(52)54-6/h10-11,13-14,17-21,23,25,30-33H,7-9,12,15-16H2,1-6H3,(H,41,44)(H,42,43)(H,45,51)(H,46,52). The summed E-state index contributed by atoms with van der Waals surface area (Å²) in [7, 11) is 2.58. The van der Waals surface area contributed by atoms with Gasteiger partial charge in [-0.2, -0.15) is 0 Å². The van der Waals surface area contributed by atoms with Crippen molar-refractivity contribution in [2.24, 2.45) is 17.8 Å². The number of alkyl carbamates (subject to hydrolysis) is 2. The van der Waals surface area contributed by atoms with E-state index in [1.807, 2.05) is 69.1 Å². The molecule has 1 aromatic carbocycles. The minimum atomic E-state index is -0.700. The van der Waals surface area contributed by atoms with Gasteiger partial charge in [-0.25, -0.2) is 19.6 Å². The largest absolute Gasteiger partial charge is 0.453 e. The number of imidazole rings is 2. The fraction of sp³-hybridized carbons (Fsp3) is 0.513. The van der Waals surface area contributed by atoms with Crippen LogP contribution in [0.15, 0.2) is 42.7 Å². The minimum Gasteiger partial charge on any atom is -0.453 e.